The molecule has 0 aromatic heterocycles. The van der Waals surface area contributed by atoms with Crippen LogP contribution < -0.4 is 0 Å². The van der Waals surface area contributed by atoms with E-state index in [9.17, 15) is 0 Å². The number of hydrogen-bond donors (Lipinski definition) is 1. The highest BCUT2D eigenvalue weighted by molar-refractivity contribution is 4.71. The van der Waals surface area contributed by atoms with Gasteiger partial charge in [-0.2, -0.15) is 0 Å². The first-order chi connectivity index (χ1) is 8.05. The third-order valence-corrected chi connectivity index (χ3v) is 2.29. The van der Waals surface area contributed by atoms with Crippen LogP contribution in [0.2, 0.25) is 0 Å². The van der Waals surface area contributed by atoms with Crippen molar-refractivity contribution < 1.29 is 24.1 Å². The predicted octanol–water partition coefficient (Wildman–Crippen LogP) is 0.842. The van der Waals surface area contributed by atoms with Crippen LogP contribution in [-0.4, -0.2) is 64.1 Å². The van der Waals surface area contributed by atoms with E-state index in [2.05, 4.69) is 0 Å². The Hall–Kier alpha value is -0.200. The van der Waals surface area contributed by atoms with E-state index in [1.54, 1.807) is 14.2 Å². The molecule has 0 fully saturated rings. The maximum atomic E-state index is 8.93. The van der Waals surface area contributed by atoms with E-state index in [1.807, 2.05) is 13.8 Å². The Kier molecular flexibility index (Phi) is 9.68. The normalized spacial score (nSPS) is 13.9. The van der Waals surface area contributed by atoms with Crippen LogP contribution in [0.1, 0.15) is 20.3 Å². The van der Waals surface area contributed by atoms with Gasteiger partial charge in [-0.15, -0.1) is 0 Å². The molecule has 0 saturated heterocycles. The lowest BCUT2D eigenvalue weighted by Gasteiger charge is -2.30. The summed E-state index contributed by atoms with van der Waals surface area (Å²) in [4.78, 5) is 0. The van der Waals surface area contributed by atoms with Crippen LogP contribution in [-0.2, 0) is 18.9 Å². The Morgan fingerprint density at radius 3 is 2.29 bits per heavy atom. The fourth-order valence-electron chi connectivity index (χ4n) is 1.44. The van der Waals surface area contributed by atoms with Gasteiger partial charge in [0.1, 0.15) is 6.10 Å². The third kappa shape index (κ3) is 9.50. The van der Waals surface area contributed by atoms with Crippen molar-refractivity contribution in [2.45, 2.75) is 32.0 Å². The molecule has 0 aliphatic heterocycles. The van der Waals surface area contributed by atoms with E-state index < -0.39 is 0 Å². The summed E-state index contributed by atoms with van der Waals surface area (Å²) in [6, 6.07) is 0. The number of methoxy groups -OCH3 is 2. The zero-order chi connectivity index (χ0) is 13.1. The molecule has 0 bridgehead atoms. The van der Waals surface area contributed by atoms with Crippen molar-refractivity contribution in [2.75, 3.05) is 47.3 Å². The van der Waals surface area contributed by atoms with Gasteiger partial charge in [0, 0.05) is 20.8 Å². The summed E-state index contributed by atoms with van der Waals surface area (Å²) in [6.07, 6.45) is 0.462. The molecule has 0 rings (SSSR count). The molecule has 17 heavy (non-hydrogen) atoms. The quantitative estimate of drug-likeness (QED) is 0.551. The summed E-state index contributed by atoms with van der Waals surface area (Å²) in [5, 5.41) is 8.93. The molecule has 0 amide bonds. The fraction of sp³-hybridized carbons (Fsp3) is 1.00. The summed E-state index contributed by atoms with van der Waals surface area (Å²) >= 11 is 0. The largest absolute Gasteiger partial charge is 0.396 e. The standard InChI is InChI=1S/C12H26O5/c1-12(2,5-6-13)17-11(9-15-4)10-16-8-7-14-3/h11,13H,5-10H2,1-4H3. The molecule has 0 spiro atoms. The third-order valence-electron chi connectivity index (χ3n) is 2.29. The molecule has 5 nitrogen and oxygen atoms in total. The summed E-state index contributed by atoms with van der Waals surface area (Å²) in [5.74, 6) is 0. The van der Waals surface area contributed by atoms with Gasteiger partial charge in [0.25, 0.3) is 0 Å². The van der Waals surface area contributed by atoms with Gasteiger partial charge in [-0.25, -0.2) is 0 Å². The van der Waals surface area contributed by atoms with E-state index in [4.69, 9.17) is 24.1 Å². The van der Waals surface area contributed by atoms with Crippen LogP contribution >= 0.6 is 0 Å². The smallest absolute Gasteiger partial charge is 0.105 e. The lowest BCUT2D eigenvalue weighted by Crippen LogP contribution is -2.36. The lowest BCUT2D eigenvalue weighted by atomic mass is 10.1. The Morgan fingerprint density at radius 2 is 1.76 bits per heavy atom. The van der Waals surface area contributed by atoms with E-state index in [0.29, 0.717) is 32.8 Å². The minimum absolute atomic E-state index is 0.108. The maximum Gasteiger partial charge on any atom is 0.105 e. The minimum Gasteiger partial charge on any atom is -0.396 e. The highest BCUT2D eigenvalue weighted by Gasteiger charge is 2.23. The summed E-state index contributed by atoms with van der Waals surface area (Å²) in [6.45, 7) is 6.05. The molecule has 1 atom stereocenters. The zero-order valence-electron chi connectivity index (χ0n) is 11.4. The molecule has 0 aromatic rings. The number of rotatable bonds is 11. The van der Waals surface area contributed by atoms with E-state index in [1.165, 1.54) is 0 Å². The Bertz CT molecular complexity index is 172. The maximum absolute atomic E-state index is 8.93. The molecule has 0 heterocycles. The lowest BCUT2D eigenvalue weighted by molar-refractivity contribution is -0.130. The van der Waals surface area contributed by atoms with Crippen molar-refractivity contribution in [3.05, 3.63) is 0 Å². The molecule has 1 N–H and O–H groups in total. The Morgan fingerprint density at radius 1 is 1.06 bits per heavy atom. The van der Waals surface area contributed by atoms with E-state index in [-0.39, 0.29) is 18.3 Å². The van der Waals surface area contributed by atoms with Crippen LogP contribution in [0.4, 0.5) is 0 Å². The predicted molar refractivity (Wildman–Crippen MR) is 65.2 cm³/mol. The summed E-state index contributed by atoms with van der Waals surface area (Å²) < 4.78 is 21.2. The van der Waals surface area contributed by atoms with Gasteiger partial charge in [-0.3, -0.25) is 0 Å². The molecule has 104 valence electrons. The highest BCUT2D eigenvalue weighted by atomic mass is 16.6. The van der Waals surface area contributed by atoms with Gasteiger partial charge >= 0.3 is 0 Å². The second kappa shape index (κ2) is 9.79. The van der Waals surface area contributed by atoms with Crippen LogP contribution in [0.15, 0.2) is 0 Å². The first kappa shape index (κ1) is 16.8. The molecular weight excluding hydrogens is 224 g/mol. The van der Waals surface area contributed by atoms with Gasteiger partial charge in [0.2, 0.25) is 0 Å². The Balaban J connectivity index is 3.95. The Labute approximate surface area is 104 Å². The van der Waals surface area contributed by atoms with Gasteiger partial charge in [-0.1, -0.05) is 0 Å². The van der Waals surface area contributed by atoms with Gasteiger partial charge < -0.3 is 24.1 Å². The van der Waals surface area contributed by atoms with E-state index in [0.717, 1.165) is 0 Å². The molecular formula is C12H26O5. The molecule has 0 aliphatic rings. The summed E-state index contributed by atoms with van der Waals surface area (Å²) in [7, 11) is 3.27. The zero-order valence-corrected chi connectivity index (χ0v) is 11.4. The van der Waals surface area contributed by atoms with Crippen LogP contribution in [0, 0.1) is 0 Å². The fourth-order valence-corrected chi connectivity index (χ4v) is 1.44. The van der Waals surface area contributed by atoms with Gasteiger partial charge in [0.15, 0.2) is 0 Å². The van der Waals surface area contributed by atoms with Crippen LogP contribution in [0.3, 0.4) is 0 Å². The van der Waals surface area contributed by atoms with Gasteiger partial charge in [-0.05, 0) is 20.3 Å². The minimum atomic E-state index is -0.372. The monoisotopic (exact) mass is 250 g/mol. The molecule has 0 aromatic carbocycles. The average molecular weight is 250 g/mol. The molecule has 0 aliphatic carbocycles. The van der Waals surface area contributed by atoms with Crippen molar-refractivity contribution in [1.82, 2.24) is 0 Å². The molecule has 1 unspecified atom stereocenters. The van der Waals surface area contributed by atoms with Gasteiger partial charge in [0.05, 0.1) is 32.0 Å². The molecule has 0 saturated carbocycles. The molecule has 0 radical (unpaired) electrons. The van der Waals surface area contributed by atoms with Crippen molar-refractivity contribution in [3.63, 3.8) is 0 Å². The van der Waals surface area contributed by atoms with Crippen molar-refractivity contribution in [1.29, 1.82) is 0 Å². The second-order valence-corrected chi connectivity index (χ2v) is 4.50. The number of aliphatic hydroxyl groups is 1. The molecule has 5 heteroatoms. The first-order valence-corrected chi connectivity index (χ1v) is 5.90. The topological polar surface area (TPSA) is 57.2 Å². The van der Waals surface area contributed by atoms with Crippen molar-refractivity contribution in [3.8, 4) is 0 Å². The summed E-state index contributed by atoms with van der Waals surface area (Å²) in [5.41, 5.74) is -0.372. The first-order valence-electron chi connectivity index (χ1n) is 5.90. The second-order valence-electron chi connectivity index (χ2n) is 4.50. The van der Waals surface area contributed by atoms with Crippen molar-refractivity contribution in [2.24, 2.45) is 0 Å². The SMILES string of the molecule is COCCOCC(COC)OC(C)(C)CCO. The van der Waals surface area contributed by atoms with Crippen LogP contribution in [0.25, 0.3) is 0 Å². The average Bonchev–Trinajstić information content (AvgIpc) is 2.24. The van der Waals surface area contributed by atoms with E-state index >= 15 is 0 Å². The number of ether oxygens (including phenoxy) is 4. The number of aliphatic hydroxyl groups excluding tert-OH is 1. The highest BCUT2D eigenvalue weighted by Crippen LogP contribution is 2.16. The van der Waals surface area contributed by atoms with Crippen molar-refractivity contribution >= 4 is 0 Å². The number of hydrogen-bond acceptors (Lipinski definition) is 5. The van der Waals surface area contributed by atoms with Crippen LogP contribution in [0.5, 0.6) is 0 Å².